The Hall–Kier alpha value is -2.28. The first-order valence-electron chi connectivity index (χ1n) is 8.75. The summed E-state index contributed by atoms with van der Waals surface area (Å²) in [5, 5.41) is 0. The molecule has 0 bridgehead atoms. The molecule has 23 heavy (non-hydrogen) atoms. The maximum Gasteiger partial charge on any atom is 0.0182 e. The van der Waals surface area contributed by atoms with Crippen LogP contribution in [0, 0.1) is 0 Å². The molecule has 0 saturated heterocycles. The van der Waals surface area contributed by atoms with E-state index in [4.69, 9.17) is 0 Å². The fourth-order valence-corrected chi connectivity index (χ4v) is 4.59. The number of benzene rings is 2. The summed E-state index contributed by atoms with van der Waals surface area (Å²) in [5.74, 6) is 0.659. The lowest BCUT2D eigenvalue weighted by molar-refractivity contribution is 0.570. The number of aromatic nitrogens is 1. The first-order chi connectivity index (χ1) is 11.4. The van der Waals surface area contributed by atoms with Crippen molar-refractivity contribution in [2.45, 2.75) is 38.0 Å². The molecule has 0 spiro atoms. The molecule has 1 unspecified atom stereocenters. The van der Waals surface area contributed by atoms with E-state index >= 15 is 0 Å². The van der Waals surface area contributed by atoms with Crippen LogP contribution < -0.4 is 0 Å². The number of nitrogens with one attached hydrogen (secondary N) is 1. The molecule has 1 atom stereocenters. The molecular weight excluding hydrogens is 278 g/mol. The summed E-state index contributed by atoms with van der Waals surface area (Å²) in [7, 11) is 0. The zero-order chi connectivity index (χ0) is 15.2. The monoisotopic (exact) mass is 299 g/mol. The van der Waals surface area contributed by atoms with Gasteiger partial charge in [0.25, 0.3) is 0 Å². The lowest BCUT2D eigenvalue weighted by Crippen LogP contribution is -2.17. The van der Waals surface area contributed by atoms with Gasteiger partial charge in [-0.05, 0) is 77.6 Å². The molecule has 1 aromatic heterocycles. The molecule has 2 aliphatic carbocycles. The third-order valence-corrected chi connectivity index (χ3v) is 5.75. The Morgan fingerprint density at radius 2 is 1.70 bits per heavy atom. The third kappa shape index (κ3) is 2.07. The van der Waals surface area contributed by atoms with Gasteiger partial charge in [0.1, 0.15) is 0 Å². The molecule has 1 N–H and O–H groups in total. The Kier molecular flexibility index (Phi) is 2.94. The first kappa shape index (κ1) is 13.2. The quantitative estimate of drug-likeness (QED) is 0.647. The van der Waals surface area contributed by atoms with Crippen molar-refractivity contribution in [1.29, 1.82) is 0 Å². The Morgan fingerprint density at radius 3 is 2.61 bits per heavy atom. The van der Waals surface area contributed by atoms with Crippen LogP contribution in [0.25, 0.3) is 11.1 Å². The Balaban J connectivity index is 1.57. The minimum atomic E-state index is 0.659. The summed E-state index contributed by atoms with van der Waals surface area (Å²) >= 11 is 0. The Morgan fingerprint density at radius 1 is 0.739 bits per heavy atom. The largest absolute Gasteiger partial charge is 0.365 e. The van der Waals surface area contributed by atoms with Crippen LogP contribution in [0.4, 0.5) is 0 Å². The highest BCUT2D eigenvalue weighted by atomic mass is 14.7. The molecule has 0 radical (unpaired) electrons. The predicted molar refractivity (Wildman–Crippen MR) is 94.8 cm³/mol. The topological polar surface area (TPSA) is 15.8 Å². The average molecular weight is 299 g/mol. The van der Waals surface area contributed by atoms with E-state index in [9.17, 15) is 0 Å². The third-order valence-electron chi connectivity index (χ3n) is 5.75. The van der Waals surface area contributed by atoms with Crippen LogP contribution in [0.2, 0.25) is 0 Å². The molecular formula is C22H21N. The number of hydrogen-bond acceptors (Lipinski definition) is 0. The van der Waals surface area contributed by atoms with E-state index in [1.54, 1.807) is 16.7 Å². The minimum absolute atomic E-state index is 0.659. The van der Waals surface area contributed by atoms with Gasteiger partial charge in [0, 0.05) is 17.8 Å². The van der Waals surface area contributed by atoms with E-state index in [1.165, 1.54) is 54.5 Å². The summed E-state index contributed by atoms with van der Waals surface area (Å²) in [6, 6.07) is 18.1. The normalized spacial score (nSPS) is 18.9. The average Bonchev–Trinajstić information content (AvgIpc) is 3.15. The van der Waals surface area contributed by atoms with Crippen molar-refractivity contribution in [1.82, 2.24) is 4.98 Å². The number of fused-ring (bicyclic) bond motifs is 5. The van der Waals surface area contributed by atoms with Crippen molar-refractivity contribution < 1.29 is 0 Å². The van der Waals surface area contributed by atoms with Gasteiger partial charge in [0.05, 0.1) is 0 Å². The summed E-state index contributed by atoms with van der Waals surface area (Å²) < 4.78 is 0. The highest BCUT2D eigenvalue weighted by Gasteiger charge is 2.26. The van der Waals surface area contributed by atoms with Crippen LogP contribution in [0.3, 0.4) is 0 Å². The van der Waals surface area contributed by atoms with Gasteiger partial charge in [-0.3, -0.25) is 0 Å². The zero-order valence-electron chi connectivity index (χ0n) is 13.3. The Bertz CT molecular complexity index is 858. The van der Waals surface area contributed by atoms with Gasteiger partial charge in [-0.2, -0.15) is 0 Å². The van der Waals surface area contributed by atoms with Gasteiger partial charge in [-0.1, -0.05) is 36.4 Å². The van der Waals surface area contributed by atoms with Crippen molar-refractivity contribution in [2.24, 2.45) is 0 Å². The van der Waals surface area contributed by atoms with Gasteiger partial charge < -0.3 is 4.98 Å². The van der Waals surface area contributed by atoms with Crippen molar-refractivity contribution >= 4 is 0 Å². The number of H-pyrrole nitrogens is 1. The van der Waals surface area contributed by atoms with Gasteiger partial charge in [-0.25, -0.2) is 0 Å². The molecule has 2 aliphatic rings. The molecule has 0 fully saturated rings. The van der Waals surface area contributed by atoms with Gasteiger partial charge in [0.2, 0.25) is 0 Å². The second kappa shape index (κ2) is 5.13. The zero-order valence-corrected chi connectivity index (χ0v) is 13.3. The molecule has 1 nitrogen and oxygen atoms in total. The molecule has 114 valence electrons. The van der Waals surface area contributed by atoms with Crippen LogP contribution >= 0.6 is 0 Å². The predicted octanol–water partition coefficient (Wildman–Crippen LogP) is 5.05. The van der Waals surface area contributed by atoms with Crippen molar-refractivity contribution in [3.63, 3.8) is 0 Å². The number of aryl methyl sites for hydroxylation is 1. The van der Waals surface area contributed by atoms with E-state index in [-0.39, 0.29) is 0 Å². The number of aromatic amines is 1. The van der Waals surface area contributed by atoms with E-state index in [0.29, 0.717) is 5.92 Å². The lowest BCUT2D eigenvalue weighted by atomic mass is 9.75. The van der Waals surface area contributed by atoms with Crippen molar-refractivity contribution in [3.05, 3.63) is 82.7 Å². The highest BCUT2D eigenvalue weighted by molar-refractivity contribution is 5.75. The van der Waals surface area contributed by atoms with E-state index in [1.807, 2.05) is 0 Å². The van der Waals surface area contributed by atoms with Crippen LogP contribution in [0.15, 0.2) is 54.7 Å². The molecule has 5 rings (SSSR count). The maximum absolute atomic E-state index is 3.41. The number of rotatable bonds is 1. The van der Waals surface area contributed by atoms with Gasteiger partial charge in [0.15, 0.2) is 0 Å². The summed E-state index contributed by atoms with van der Waals surface area (Å²) in [6.45, 7) is 0. The molecule has 1 heteroatoms. The van der Waals surface area contributed by atoms with E-state index in [2.05, 4.69) is 59.7 Å². The molecule has 0 amide bonds. The van der Waals surface area contributed by atoms with Crippen LogP contribution in [0.5, 0.6) is 0 Å². The lowest BCUT2D eigenvalue weighted by Gasteiger charge is -2.30. The molecule has 3 aromatic rings. The molecule has 0 aliphatic heterocycles. The molecule has 1 heterocycles. The highest BCUT2D eigenvalue weighted by Crippen LogP contribution is 2.40. The standard InChI is InChI=1S/C22H21N/c1-2-5-18-15(4-1)7-11-21-19-10-9-17(22-6-3-13-23-22)14-16(19)8-12-20(18)21/h1-6,8,12-13,17,23H,7,9-11,14H2. The molecule has 2 aromatic carbocycles. The minimum Gasteiger partial charge on any atom is -0.365 e. The van der Waals surface area contributed by atoms with Crippen molar-refractivity contribution in [3.8, 4) is 11.1 Å². The van der Waals surface area contributed by atoms with Gasteiger partial charge >= 0.3 is 0 Å². The van der Waals surface area contributed by atoms with Gasteiger partial charge in [-0.15, -0.1) is 0 Å². The van der Waals surface area contributed by atoms with Crippen molar-refractivity contribution in [2.75, 3.05) is 0 Å². The smallest absolute Gasteiger partial charge is 0.0182 e. The molecule has 0 saturated carbocycles. The van der Waals surface area contributed by atoms with Crippen LogP contribution in [-0.2, 0) is 25.7 Å². The SMILES string of the molecule is c1c[nH]c(C2CCc3c(ccc4c3CCc3ccccc3-4)C2)c1. The number of hydrogen-bond donors (Lipinski definition) is 1. The van der Waals surface area contributed by atoms with E-state index < -0.39 is 0 Å². The summed E-state index contributed by atoms with van der Waals surface area (Å²) in [5.41, 5.74) is 10.7. The summed E-state index contributed by atoms with van der Waals surface area (Å²) in [4.78, 5) is 3.41. The second-order valence-corrected chi connectivity index (χ2v) is 6.95. The maximum atomic E-state index is 3.41. The fourth-order valence-electron chi connectivity index (χ4n) is 4.59. The first-order valence-corrected chi connectivity index (χ1v) is 8.75. The van der Waals surface area contributed by atoms with E-state index in [0.717, 1.165) is 0 Å². The van der Waals surface area contributed by atoms with Crippen LogP contribution in [0.1, 0.15) is 40.3 Å². The Labute approximate surface area is 137 Å². The fraction of sp³-hybridized carbons (Fsp3) is 0.273. The second-order valence-electron chi connectivity index (χ2n) is 6.95. The van der Waals surface area contributed by atoms with Crippen LogP contribution in [-0.4, -0.2) is 4.98 Å². The summed E-state index contributed by atoms with van der Waals surface area (Å²) in [6.07, 6.45) is 8.14.